The van der Waals surface area contributed by atoms with Crippen LogP contribution in [-0.4, -0.2) is 28.9 Å². The summed E-state index contributed by atoms with van der Waals surface area (Å²) in [6.07, 6.45) is 2.76. The molecule has 7 heteroatoms. The Morgan fingerprint density at radius 3 is 2.09 bits per heavy atom. The second kappa shape index (κ2) is 4.48. The van der Waals surface area contributed by atoms with Gasteiger partial charge in [0.1, 0.15) is 5.69 Å². The lowest BCUT2D eigenvalue weighted by molar-refractivity contribution is -0.384. The van der Waals surface area contributed by atoms with E-state index in [2.05, 4.69) is 0 Å². The number of aryl methyl sites for hydroxylation is 2. The molecule has 0 N–H and O–H groups in total. The molecule has 2 fully saturated rings. The summed E-state index contributed by atoms with van der Waals surface area (Å²) in [7, 11) is 0. The molecule has 0 radical (unpaired) electrons. The highest BCUT2D eigenvalue weighted by molar-refractivity contribution is 6.24. The lowest BCUT2D eigenvalue weighted by atomic mass is 9.85. The topological polar surface area (TPSA) is 89.8 Å². The highest BCUT2D eigenvalue weighted by Crippen LogP contribution is 2.47. The first-order valence-electron chi connectivity index (χ1n) is 7.37. The summed E-state index contributed by atoms with van der Waals surface area (Å²) in [4.78, 5) is 37.2. The Morgan fingerprint density at radius 2 is 1.57 bits per heavy atom. The van der Waals surface area contributed by atoms with Gasteiger partial charge in [0.2, 0.25) is 11.8 Å². The minimum Gasteiger partial charge on any atom is -0.365 e. The van der Waals surface area contributed by atoms with Crippen LogP contribution in [0, 0.1) is 35.8 Å². The number of imide groups is 1. The number of rotatable bonds is 2. The van der Waals surface area contributed by atoms with Crippen LogP contribution in [0.15, 0.2) is 24.3 Å². The van der Waals surface area contributed by atoms with Crippen molar-refractivity contribution in [1.29, 1.82) is 0 Å². The van der Waals surface area contributed by atoms with Gasteiger partial charge in [-0.15, -0.1) is 0 Å². The maximum atomic E-state index is 12.7. The van der Waals surface area contributed by atoms with Crippen LogP contribution in [0.2, 0.25) is 0 Å². The molecule has 1 aromatic rings. The molecule has 2 amide bonds. The van der Waals surface area contributed by atoms with E-state index in [1.54, 1.807) is 32.1 Å². The second-order valence-electron chi connectivity index (χ2n) is 6.20. The molecule has 0 aromatic heterocycles. The van der Waals surface area contributed by atoms with Crippen molar-refractivity contribution in [3.8, 4) is 0 Å². The van der Waals surface area contributed by atoms with Gasteiger partial charge in [0.15, 0.2) is 0 Å². The van der Waals surface area contributed by atoms with Crippen LogP contribution in [0.3, 0.4) is 0 Å². The average Bonchev–Trinajstić information content (AvgIpc) is 3.16. The maximum Gasteiger partial charge on any atom is 0.293 e. The van der Waals surface area contributed by atoms with Gasteiger partial charge in [-0.2, -0.15) is 0 Å². The number of hydrogen-bond acceptors (Lipinski definition) is 5. The smallest absolute Gasteiger partial charge is 0.293 e. The molecule has 7 nitrogen and oxygen atoms in total. The average molecular weight is 314 g/mol. The van der Waals surface area contributed by atoms with Gasteiger partial charge in [-0.05, 0) is 31.0 Å². The van der Waals surface area contributed by atoms with Crippen molar-refractivity contribution in [2.24, 2.45) is 11.8 Å². The molecule has 2 bridgehead atoms. The third-order valence-corrected chi connectivity index (χ3v) is 4.94. The van der Waals surface area contributed by atoms with Crippen LogP contribution < -0.4 is 4.90 Å². The summed E-state index contributed by atoms with van der Waals surface area (Å²) < 4.78 is 5.57. The normalized spacial score (nSPS) is 31.1. The van der Waals surface area contributed by atoms with Gasteiger partial charge in [-0.1, -0.05) is 12.2 Å². The molecule has 23 heavy (non-hydrogen) atoms. The van der Waals surface area contributed by atoms with Crippen molar-refractivity contribution in [3.05, 3.63) is 45.5 Å². The van der Waals surface area contributed by atoms with Gasteiger partial charge in [0.05, 0.1) is 29.0 Å². The molecule has 3 aliphatic heterocycles. The minimum atomic E-state index is -0.571. The van der Waals surface area contributed by atoms with E-state index in [-0.39, 0.29) is 11.4 Å². The third kappa shape index (κ3) is 1.74. The van der Waals surface area contributed by atoms with E-state index in [4.69, 9.17) is 4.74 Å². The molecular formula is C16H14N2O5. The molecule has 0 aliphatic carbocycles. The zero-order chi connectivity index (χ0) is 16.5. The largest absolute Gasteiger partial charge is 0.365 e. The zero-order valence-corrected chi connectivity index (χ0v) is 12.6. The summed E-state index contributed by atoms with van der Waals surface area (Å²) in [6.45, 7) is 3.55. The highest BCUT2D eigenvalue weighted by atomic mass is 16.6. The van der Waals surface area contributed by atoms with Crippen LogP contribution in [0.1, 0.15) is 11.1 Å². The summed E-state index contributed by atoms with van der Waals surface area (Å²) in [6, 6.07) is 2.95. The van der Waals surface area contributed by atoms with Gasteiger partial charge in [0.25, 0.3) is 5.69 Å². The molecule has 3 aliphatic rings. The van der Waals surface area contributed by atoms with E-state index in [1.165, 1.54) is 6.07 Å². The van der Waals surface area contributed by atoms with Crippen molar-refractivity contribution >= 4 is 23.2 Å². The predicted octanol–water partition coefficient (Wildman–Crippen LogP) is 1.65. The third-order valence-electron chi connectivity index (χ3n) is 4.94. The first-order chi connectivity index (χ1) is 10.9. The summed E-state index contributed by atoms with van der Waals surface area (Å²) >= 11 is 0. The molecular weight excluding hydrogens is 300 g/mol. The Hall–Kier alpha value is -2.54. The van der Waals surface area contributed by atoms with Crippen molar-refractivity contribution in [2.45, 2.75) is 26.1 Å². The van der Waals surface area contributed by atoms with Crippen molar-refractivity contribution < 1.29 is 19.2 Å². The Balaban J connectivity index is 1.84. The molecule has 118 valence electrons. The minimum absolute atomic E-state index is 0.0573. The first kappa shape index (κ1) is 14.1. The van der Waals surface area contributed by atoms with E-state index >= 15 is 0 Å². The Bertz CT molecular complexity index is 770. The molecule has 4 atom stereocenters. The molecule has 0 unspecified atom stereocenters. The van der Waals surface area contributed by atoms with Gasteiger partial charge in [-0.25, -0.2) is 4.90 Å². The zero-order valence-electron chi connectivity index (χ0n) is 12.6. The number of nitro groups is 1. The number of fused-ring (bicyclic) bond motifs is 5. The maximum absolute atomic E-state index is 12.7. The summed E-state index contributed by atoms with van der Waals surface area (Å²) in [5.41, 5.74) is 1.36. The van der Waals surface area contributed by atoms with Crippen LogP contribution >= 0.6 is 0 Å². The molecule has 2 saturated heterocycles. The quantitative estimate of drug-likeness (QED) is 0.358. The van der Waals surface area contributed by atoms with Crippen LogP contribution in [0.5, 0.6) is 0 Å². The summed E-state index contributed by atoms with van der Waals surface area (Å²) in [5, 5.41) is 11.4. The highest BCUT2D eigenvalue weighted by Gasteiger charge is 2.61. The number of nitrogens with zero attached hydrogens (tertiary/aromatic N) is 2. The number of carbonyl (C=O) groups is 2. The lowest BCUT2D eigenvalue weighted by Gasteiger charge is -2.18. The van der Waals surface area contributed by atoms with Gasteiger partial charge < -0.3 is 4.74 Å². The lowest BCUT2D eigenvalue weighted by Crippen LogP contribution is -2.35. The fourth-order valence-electron chi connectivity index (χ4n) is 3.65. The van der Waals surface area contributed by atoms with E-state index in [9.17, 15) is 19.7 Å². The van der Waals surface area contributed by atoms with Crippen LogP contribution in [0.4, 0.5) is 11.4 Å². The van der Waals surface area contributed by atoms with Gasteiger partial charge in [-0.3, -0.25) is 19.7 Å². The number of hydrogen-bond donors (Lipinski definition) is 0. The van der Waals surface area contributed by atoms with Crippen LogP contribution in [-0.2, 0) is 14.3 Å². The monoisotopic (exact) mass is 314 g/mol. The van der Waals surface area contributed by atoms with E-state index in [0.29, 0.717) is 0 Å². The van der Waals surface area contributed by atoms with Crippen molar-refractivity contribution in [2.75, 3.05) is 4.90 Å². The first-order valence-corrected chi connectivity index (χ1v) is 7.37. The standard InChI is InChI=1S/C16H14N2O5/c1-7-5-9(10(18(21)22)6-8(7)2)17-15(19)13-11-3-4-12(23-11)14(13)16(17)20/h3-6,11-14H,1-2H3/t11-,12-,13-,14+/m1/s1. The number of anilines is 1. The predicted molar refractivity (Wildman–Crippen MR) is 79.8 cm³/mol. The molecule has 4 rings (SSSR count). The number of carbonyl (C=O) groups excluding carboxylic acids is 2. The number of ether oxygens (including phenoxy) is 1. The molecule has 0 saturated carbocycles. The van der Waals surface area contributed by atoms with Crippen molar-refractivity contribution in [3.63, 3.8) is 0 Å². The Morgan fingerprint density at radius 1 is 1.04 bits per heavy atom. The van der Waals surface area contributed by atoms with Gasteiger partial charge in [0, 0.05) is 6.07 Å². The molecule has 3 heterocycles. The Kier molecular flexibility index (Phi) is 2.74. The second-order valence-corrected chi connectivity index (χ2v) is 6.20. The van der Waals surface area contributed by atoms with E-state index < -0.39 is 40.8 Å². The van der Waals surface area contributed by atoms with Gasteiger partial charge >= 0.3 is 0 Å². The van der Waals surface area contributed by atoms with Crippen LogP contribution in [0.25, 0.3) is 0 Å². The fourth-order valence-corrected chi connectivity index (χ4v) is 3.65. The van der Waals surface area contributed by atoms with E-state index in [1.807, 2.05) is 0 Å². The number of amides is 2. The number of nitro benzene ring substituents is 1. The molecule has 1 aromatic carbocycles. The molecule has 0 spiro atoms. The summed E-state index contributed by atoms with van der Waals surface area (Å²) in [5.74, 6) is -1.97. The van der Waals surface area contributed by atoms with E-state index in [0.717, 1.165) is 16.0 Å². The fraction of sp³-hybridized carbons (Fsp3) is 0.375. The number of benzene rings is 1. The Labute approximate surface area is 131 Å². The van der Waals surface area contributed by atoms with Crippen molar-refractivity contribution in [1.82, 2.24) is 0 Å². The SMILES string of the molecule is Cc1cc(N2C(=O)[C@@H]3[C@H](C2=O)[C@H]2C=C[C@H]3O2)c([N+](=O)[O-])cc1C.